The third-order valence-electron chi connectivity index (χ3n) is 1.77. The number of likely N-dealkylation sites (N-methyl/N-ethyl adjacent to an activating group) is 1. The highest BCUT2D eigenvalue weighted by Crippen LogP contribution is 2.25. The molecule has 1 heterocycles. The van der Waals surface area contributed by atoms with E-state index in [2.05, 4.69) is 26.2 Å². The molecule has 0 unspecified atom stereocenters. The van der Waals surface area contributed by atoms with Gasteiger partial charge in [0.25, 0.3) is 5.69 Å². The second kappa shape index (κ2) is 6.39. The molecule has 0 aliphatic rings. The monoisotopic (exact) mass is 289 g/mol. The number of nitro groups is 1. The van der Waals surface area contributed by atoms with Crippen molar-refractivity contribution < 1.29 is 9.66 Å². The molecule has 1 N–H and O–H groups in total. The minimum Gasteiger partial charge on any atom is -0.476 e. The van der Waals surface area contributed by atoms with Crippen LogP contribution in [0.25, 0.3) is 0 Å². The SMILES string of the molecule is CCNCCOc1ncc([N+](=O)[O-])cc1Br. The van der Waals surface area contributed by atoms with E-state index in [4.69, 9.17) is 4.74 Å². The van der Waals surface area contributed by atoms with Crippen molar-refractivity contribution in [2.24, 2.45) is 0 Å². The Balaban J connectivity index is 2.57. The Morgan fingerprint density at radius 3 is 3.00 bits per heavy atom. The van der Waals surface area contributed by atoms with E-state index in [-0.39, 0.29) is 5.69 Å². The van der Waals surface area contributed by atoms with Crippen LogP contribution in [0, 0.1) is 10.1 Å². The topological polar surface area (TPSA) is 77.3 Å². The molecular formula is C9H12BrN3O3. The largest absolute Gasteiger partial charge is 0.476 e. The van der Waals surface area contributed by atoms with E-state index in [1.807, 2.05) is 6.92 Å². The molecule has 16 heavy (non-hydrogen) atoms. The number of halogens is 1. The van der Waals surface area contributed by atoms with Crippen molar-refractivity contribution >= 4 is 21.6 Å². The molecule has 0 aromatic carbocycles. The van der Waals surface area contributed by atoms with E-state index in [9.17, 15) is 10.1 Å². The van der Waals surface area contributed by atoms with Crippen molar-refractivity contribution in [1.82, 2.24) is 10.3 Å². The van der Waals surface area contributed by atoms with Gasteiger partial charge in [0.1, 0.15) is 12.8 Å². The van der Waals surface area contributed by atoms with Gasteiger partial charge in [-0.15, -0.1) is 0 Å². The molecule has 0 spiro atoms. The maximum Gasteiger partial charge on any atom is 0.288 e. The summed E-state index contributed by atoms with van der Waals surface area (Å²) in [6.45, 7) is 4.05. The van der Waals surface area contributed by atoms with E-state index in [1.54, 1.807) is 0 Å². The summed E-state index contributed by atoms with van der Waals surface area (Å²) in [5.41, 5.74) is -0.0640. The van der Waals surface area contributed by atoms with Crippen LogP contribution in [0.2, 0.25) is 0 Å². The molecule has 0 bridgehead atoms. The quantitative estimate of drug-likeness (QED) is 0.490. The molecule has 0 amide bonds. The Labute approximate surface area is 101 Å². The Bertz CT molecular complexity index is 373. The molecule has 1 aromatic rings. The number of hydrogen-bond acceptors (Lipinski definition) is 5. The number of nitrogens with one attached hydrogen (secondary N) is 1. The summed E-state index contributed by atoms with van der Waals surface area (Å²) in [4.78, 5) is 13.8. The predicted molar refractivity (Wildman–Crippen MR) is 62.6 cm³/mol. The smallest absolute Gasteiger partial charge is 0.288 e. The molecule has 0 saturated heterocycles. The van der Waals surface area contributed by atoms with E-state index >= 15 is 0 Å². The number of hydrogen-bond donors (Lipinski definition) is 1. The first-order valence-corrected chi connectivity index (χ1v) is 5.58. The summed E-state index contributed by atoms with van der Waals surface area (Å²) in [7, 11) is 0. The van der Waals surface area contributed by atoms with Crippen molar-refractivity contribution in [2.75, 3.05) is 19.7 Å². The minimum atomic E-state index is -0.500. The van der Waals surface area contributed by atoms with Gasteiger partial charge in [0, 0.05) is 12.6 Å². The molecule has 0 fully saturated rings. The van der Waals surface area contributed by atoms with E-state index in [0.29, 0.717) is 23.5 Å². The molecule has 6 nitrogen and oxygen atoms in total. The fourth-order valence-electron chi connectivity index (χ4n) is 1.02. The van der Waals surface area contributed by atoms with Gasteiger partial charge in [-0.2, -0.15) is 0 Å². The highest BCUT2D eigenvalue weighted by atomic mass is 79.9. The van der Waals surface area contributed by atoms with Crippen LogP contribution in [-0.4, -0.2) is 29.6 Å². The predicted octanol–water partition coefficient (Wildman–Crippen LogP) is 1.74. The Kier molecular flexibility index (Phi) is 5.13. The molecule has 0 radical (unpaired) electrons. The fraction of sp³-hybridized carbons (Fsp3) is 0.444. The normalized spacial score (nSPS) is 10.1. The van der Waals surface area contributed by atoms with Gasteiger partial charge in [0.15, 0.2) is 0 Å². The van der Waals surface area contributed by atoms with E-state index < -0.39 is 4.92 Å². The van der Waals surface area contributed by atoms with Crippen molar-refractivity contribution in [3.63, 3.8) is 0 Å². The highest BCUT2D eigenvalue weighted by Gasteiger charge is 2.11. The summed E-state index contributed by atoms with van der Waals surface area (Å²) in [6, 6.07) is 1.37. The summed E-state index contributed by atoms with van der Waals surface area (Å²) in [5.74, 6) is 0.364. The zero-order valence-electron chi connectivity index (χ0n) is 8.77. The van der Waals surface area contributed by atoms with Crippen LogP contribution in [0.3, 0.4) is 0 Å². The van der Waals surface area contributed by atoms with E-state index in [0.717, 1.165) is 6.54 Å². The van der Waals surface area contributed by atoms with Gasteiger partial charge in [-0.25, -0.2) is 4.98 Å². The highest BCUT2D eigenvalue weighted by molar-refractivity contribution is 9.10. The van der Waals surface area contributed by atoms with Gasteiger partial charge in [-0.05, 0) is 22.5 Å². The Morgan fingerprint density at radius 2 is 2.44 bits per heavy atom. The molecule has 0 atom stereocenters. The molecule has 0 aliphatic heterocycles. The maximum absolute atomic E-state index is 10.5. The zero-order valence-corrected chi connectivity index (χ0v) is 10.4. The van der Waals surface area contributed by atoms with Gasteiger partial charge in [-0.3, -0.25) is 10.1 Å². The standard InChI is InChI=1S/C9H12BrN3O3/c1-2-11-3-4-16-9-8(10)5-7(6-12-9)13(14)15/h5-6,11H,2-4H2,1H3. The first-order chi connectivity index (χ1) is 7.65. The van der Waals surface area contributed by atoms with Crippen molar-refractivity contribution in [2.45, 2.75) is 6.92 Å². The first kappa shape index (κ1) is 12.9. The average molecular weight is 290 g/mol. The average Bonchev–Trinajstić information content (AvgIpc) is 2.26. The van der Waals surface area contributed by atoms with Gasteiger partial charge < -0.3 is 10.1 Å². The van der Waals surface area contributed by atoms with Crippen LogP contribution in [0.4, 0.5) is 5.69 Å². The molecule has 0 saturated carbocycles. The van der Waals surface area contributed by atoms with Crippen LogP contribution >= 0.6 is 15.9 Å². The lowest BCUT2D eigenvalue weighted by atomic mass is 10.4. The molecule has 88 valence electrons. The molecule has 1 rings (SSSR count). The van der Waals surface area contributed by atoms with Crippen LogP contribution in [-0.2, 0) is 0 Å². The summed E-state index contributed by atoms with van der Waals surface area (Å²) in [6.07, 6.45) is 1.17. The van der Waals surface area contributed by atoms with Gasteiger partial charge in [0.05, 0.1) is 9.40 Å². The Morgan fingerprint density at radius 1 is 1.69 bits per heavy atom. The third-order valence-corrected chi connectivity index (χ3v) is 2.34. The second-order valence-corrected chi connectivity index (χ2v) is 3.79. The molecular weight excluding hydrogens is 278 g/mol. The van der Waals surface area contributed by atoms with Crippen LogP contribution in [0.15, 0.2) is 16.7 Å². The Hall–Kier alpha value is -1.21. The zero-order chi connectivity index (χ0) is 12.0. The first-order valence-electron chi connectivity index (χ1n) is 4.78. The summed E-state index contributed by atoms with van der Waals surface area (Å²) in [5, 5.41) is 13.5. The number of aromatic nitrogens is 1. The minimum absolute atomic E-state index is 0.0640. The number of rotatable bonds is 6. The number of nitrogens with zero attached hydrogens (tertiary/aromatic N) is 2. The van der Waals surface area contributed by atoms with Crippen LogP contribution in [0.5, 0.6) is 5.88 Å². The summed E-state index contributed by atoms with van der Waals surface area (Å²) < 4.78 is 5.81. The molecule has 7 heteroatoms. The number of pyridine rings is 1. The fourth-order valence-corrected chi connectivity index (χ4v) is 1.47. The molecule has 1 aromatic heterocycles. The van der Waals surface area contributed by atoms with Gasteiger partial charge in [-0.1, -0.05) is 6.92 Å². The maximum atomic E-state index is 10.5. The third kappa shape index (κ3) is 3.74. The van der Waals surface area contributed by atoms with Gasteiger partial charge >= 0.3 is 0 Å². The van der Waals surface area contributed by atoms with Crippen LogP contribution in [0.1, 0.15) is 6.92 Å². The van der Waals surface area contributed by atoms with Crippen molar-refractivity contribution in [3.8, 4) is 5.88 Å². The lowest BCUT2D eigenvalue weighted by Gasteiger charge is -2.06. The number of ether oxygens (including phenoxy) is 1. The lowest BCUT2D eigenvalue weighted by molar-refractivity contribution is -0.385. The van der Waals surface area contributed by atoms with E-state index in [1.165, 1.54) is 12.3 Å². The van der Waals surface area contributed by atoms with Crippen LogP contribution < -0.4 is 10.1 Å². The molecule has 0 aliphatic carbocycles. The van der Waals surface area contributed by atoms with Crippen molar-refractivity contribution in [1.29, 1.82) is 0 Å². The summed E-state index contributed by atoms with van der Waals surface area (Å²) >= 11 is 3.17. The lowest BCUT2D eigenvalue weighted by Crippen LogP contribution is -2.20. The second-order valence-electron chi connectivity index (χ2n) is 2.94. The van der Waals surface area contributed by atoms with Gasteiger partial charge in [0.2, 0.25) is 5.88 Å². The van der Waals surface area contributed by atoms with Crippen molar-refractivity contribution in [3.05, 3.63) is 26.9 Å².